The van der Waals surface area contributed by atoms with E-state index < -0.39 is 0 Å². The summed E-state index contributed by atoms with van der Waals surface area (Å²) in [5, 5.41) is 6.27. The molecule has 0 aromatic carbocycles. The van der Waals surface area contributed by atoms with Gasteiger partial charge in [0.1, 0.15) is 5.76 Å². The fourth-order valence-electron chi connectivity index (χ4n) is 1.60. The van der Waals surface area contributed by atoms with Crippen molar-refractivity contribution >= 4 is 17.8 Å². The number of hydrogen-bond acceptors (Lipinski definition) is 8. The summed E-state index contributed by atoms with van der Waals surface area (Å²) in [5.74, 6) is 3.02. The van der Waals surface area contributed by atoms with Crippen LogP contribution in [0.3, 0.4) is 0 Å². The van der Waals surface area contributed by atoms with Crippen molar-refractivity contribution in [3.63, 3.8) is 0 Å². The Kier molecular flexibility index (Phi) is 4.91. The summed E-state index contributed by atoms with van der Waals surface area (Å²) in [7, 11) is 3.78. The maximum Gasteiger partial charge on any atom is 0.231 e. The number of nitrogens with one attached hydrogen (secondary N) is 2. The van der Waals surface area contributed by atoms with Crippen LogP contribution >= 0.6 is 0 Å². The van der Waals surface area contributed by atoms with E-state index in [9.17, 15) is 0 Å². The minimum Gasteiger partial charge on any atom is -0.444 e. The molecule has 0 saturated carbocycles. The molecule has 2 N–H and O–H groups in total. The molecule has 0 unspecified atom stereocenters. The minimum atomic E-state index is 0.429. The molecule has 0 aliphatic heterocycles. The first-order chi connectivity index (χ1) is 10.1. The molecule has 0 amide bonds. The average molecular weight is 291 g/mol. The monoisotopic (exact) mass is 291 g/mol. The van der Waals surface area contributed by atoms with Crippen LogP contribution in [0, 0.1) is 6.92 Å². The highest BCUT2D eigenvalue weighted by atomic mass is 16.4. The quantitative estimate of drug-likeness (QED) is 0.796. The summed E-state index contributed by atoms with van der Waals surface area (Å²) < 4.78 is 5.41. The Balaban J connectivity index is 2.11. The zero-order valence-corrected chi connectivity index (χ0v) is 12.8. The van der Waals surface area contributed by atoms with E-state index in [0.29, 0.717) is 30.3 Å². The number of nitrogens with zero attached hydrogens (tertiary/aromatic N) is 5. The van der Waals surface area contributed by atoms with Crippen molar-refractivity contribution in [1.82, 2.24) is 19.9 Å². The second-order valence-corrected chi connectivity index (χ2v) is 4.82. The fourth-order valence-corrected chi connectivity index (χ4v) is 1.60. The van der Waals surface area contributed by atoms with Crippen molar-refractivity contribution in [3.8, 4) is 0 Å². The fraction of sp³-hybridized carbons (Fsp3) is 0.538. The van der Waals surface area contributed by atoms with Gasteiger partial charge in [-0.1, -0.05) is 6.92 Å². The van der Waals surface area contributed by atoms with Crippen molar-refractivity contribution < 1.29 is 4.42 Å². The van der Waals surface area contributed by atoms with E-state index in [0.717, 1.165) is 18.7 Å². The molecule has 114 valence electrons. The van der Waals surface area contributed by atoms with E-state index in [1.807, 2.05) is 25.9 Å². The van der Waals surface area contributed by atoms with E-state index in [4.69, 9.17) is 4.42 Å². The normalized spacial score (nSPS) is 10.5. The van der Waals surface area contributed by atoms with E-state index in [2.05, 4.69) is 37.5 Å². The molecular weight excluding hydrogens is 270 g/mol. The van der Waals surface area contributed by atoms with E-state index in [1.165, 1.54) is 0 Å². The molecule has 21 heavy (non-hydrogen) atoms. The Labute approximate surface area is 124 Å². The van der Waals surface area contributed by atoms with Crippen LogP contribution in [0.1, 0.15) is 25.0 Å². The first-order valence-corrected chi connectivity index (χ1v) is 6.91. The van der Waals surface area contributed by atoms with E-state index in [1.54, 1.807) is 6.20 Å². The lowest BCUT2D eigenvalue weighted by Gasteiger charge is -2.13. The molecule has 0 aliphatic rings. The van der Waals surface area contributed by atoms with Gasteiger partial charge in [0.15, 0.2) is 0 Å². The number of anilines is 3. The van der Waals surface area contributed by atoms with Gasteiger partial charge in [0.25, 0.3) is 0 Å². The van der Waals surface area contributed by atoms with Gasteiger partial charge < -0.3 is 20.0 Å². The highest BCUT2D eigenvalue weighted by Crippen LogP contribution is 2.12. The van der Waals surface area contributed by atoms with Gasteiger partial charge in [-0.3, -0.25) is 0 Å². The predicted octanol–water partition coefficient (Wildman–Crippen LogP) is 1.67. The maximum absolute atomic E-state index is 5.41. The number of aromatic nitrogens is 4. The molecule has 2 heterocycles. The van der Waals surface area contributed by atoms with Crippen molar-refractivity contribution in [1.29, 1.82) is 0 Å². The number of aryl methyl sites for hydroxylation is 1. The van der Waals surface area contributed by atoms with Gasteiger partial charge in [-0.15, -0.1) is 0 Å². The first kappa shape index (κ1) is 15.0. The van der Waals surface area contributed by atoms with Crippen LogP contribution in [0.4, 0.5) is 17.8 Å². The Bertz CT molecular complexity index is 582. The molecule has 2 aromatic heterocycles. The number of rotatable bonds is 7. The Morgan fingerprint density at radius 2 is 1.86 bits per heavy atom. The van der Waals surface area contributed by atoms with Crippen molar-refractivity contribution in [2.45, 2.75) is 26.8 Å². The van der Waals surface area contributed by atoms with Gasteiger partial charge in [-0.05, 0) is 13.3 Å². The number of hydrogen-bond donors (Lipinski definition) is 2. The molecule has 0 spiro atoms. The van der Waals surface area contributed by atoms with Gasteiger partial charge in [0.05, 0.1) is 12.7 Å². The second-order valence-electron chi connectivity index (χ2n) is 4.82. The molecule has 2 rings (SSSR count). The van der Waals surface area contributed by atoms with Crippen molar-refractivity contribution in [2.75, 3.05) is 36.2 Å². The second kappa shape index (κ2) is 6.87. The van der Waals surface area contributed by atoms with E-state index in [-0.39, 0.29) is 0 Å². The van der Waals surface area contributed by atoms with Crippen molar-refractivity contribution in [3.05, 3.63) is 17.8 Å². The molecule has 8 nitrogen and oxygen atoms in total. The topological polar surface area (TPSA) is 92.0 Å². The predicted molar refractivity (Wildman–Crippen MR) is 81.5 cm³/mol. The highest BCUT2D eigenvalue weighted by Gasteiger charge is 2.09. The van der Waals surface area contributed by atoms with Crippen LogP contribution in [-0.2, 0) is 6.54 Å². The van der Waals surface area contributed by atoms with Crippen molar-refractivity contribution in [2.24, 2.45) is 0 Å². The van der Waals surface area contributed by atoms with Gasteiger partial charge in [-0.2, -0.15) is 15.0 Å². The first-order valence-electron chi connectivity index (χ1n) is 6.91. The molecule has 0 atom stereocenters. The minimum absolute atomic E-state index is 0.429. The third kappa shape index (κ3) is 4.30. The van der Waals surface area contributed by atoms with Gasteiger partial charge in [-0.25, -0.2) is 4.98 Å². The van der Waals surface area contributed by atoms with Gasteiger partial charge >= 0.3 is 0 Å². The van der Waals surface area contributed by atoms with Crippen LogP contribution in [0.5, 0.6) is 0 Å². The molecule has 0 saturated heterocycles. The average Bonchev–Trinajstić information content (AvgIpc) is 2.88. The molecular formula is C13H21N7O. The Morgan fingerprint density at radius 1 is 1.14 bits per heavy atom. The molecule has 2 aromatic rings. The molecule has 8 heteroatoms. The lowest BCUT2D eigenvalue weighted by atomic mass is 10.5. The number of oxazole rings is 1. The summed E-state index contributed by atoms with van der Waals surface area (Å²) >= 11 is 0. The molecule has 0 aliphatic carbocycles. The summed E-state index contributed by atoms with van der Waals surface area (Å²) in [6.07, 6.45) is 2.69. The standard InChI is InChI=1S/C13H21N7O/c1-5-6-14-11-17-12(19-13(18-11)20(3)4)16-8-10-15-7-9(2)21-10/h7H,5-6,8H2,1-4H3,(H2,14,16,17,18,19). The lowest BCUT2D eigenvalue weighted by molar-refractivity contribution is 0.478. The van der Waals surface area contributed by atoms with E-state index >= 15 is 0 Å². The van der Waals surface area contributed by atoms with Crippen LogP contribution in [0.2, 0.25) is 0 Å². The molecule has 0 radical (unpaired) electrons. The lowest BCUT2D eigenvalue weighted by Crippen LogP contribution is -2.17. The zero-order valence-electron chi connectivity index (χ0n) is 12.8. The van der Waals surface area contributed by atoms with Crippen LogP contribution in [0.25, 0.3) is 0 Å². The summed E-state index contributed by atoms with van der Waals surface area (Å²) in [6, 6.07) is 0. The maximum atomic E-state index is 5.41. The molecule has 0 fully saturated rings. The van der Waals surface area contributed by atoms with Crippen LogP contribution in [0.15, 0.2) is 10.6 Å². The summed E-state index contributed by atoms with van der Waals surface area (Å²) in [6.45, 7) is 5.19. The third-order valence-electron chi connectivity index (χ3n) is 2.62. The van der Waals surface area contributed by atoms with Crippen LogP contribution in [-0.4, -0.2) is 40.6 Å². The van der Waals surface area contributed by atoms with Gasteiger partial charge in [0.2, 0.25) is 23.7 Å². The third-order valence-corrected chi connectivity index (χ3v) is 2.62. The Hall–Kier alpha value is -2.38. The SMILES string of the molecule is CCCNc1nc(NCc2ncc(C)o2)nc(N(C)C)n1. The zero-order chi connectivity index (χ0) is 15.2. The van der Waals surface area contributed by atoms with Crippen LogP contribution < -0.4 is 15.5 Å². The van der Waals surface area contributed by atoms with Gasteiger partial charge in [0, 0.05) is 20.6 Å². The highest BCUT2D eigenvalue weighted by molar-refractivity contribution is 5.42. The molecule has 0 bridgehead atoms. The smallest absolute Gasteiger partial charge is 0.231 e. The largest absolute Gasteiger partial charge is 0.444 e. The Morgan fingerprint density at radius 3 is 2.43 bits per heavy atom. The summed E-state index contributed by atoms with van der Waals surface area (Å²) in [4.78, 5) is 19.0. The summed E-state index contributed by atoms with van der Waals surface area (Å²) in [5.41, 5.74) is 0.